The van der Waals surface area contributed by atoms with E-state index in [1.807, 2.05) is 60.5 Å². The molecular weight excluding hydrogens is 534 g/mol. The summed E-state index contributed by atoms with van der Waals surface area (Å²) in [6.07, 6.45) is 5.54. The number of methoxy groups -OCH3 is 2. The monoisotopic (exact) mass is 565 g/mol. The number of anilines is 3. The van der Waals surface area contributed by atoms with Crippen molar-refractivity contribution in [2.75, 3.05) is 36.3 Å². The summed E-state index contributed by atoms with van der Waals surface area (Å²) in [4.78, 5) is 30.8. The maximum absolute atomic E-state index is 12.8. The molecule has 1 aliphatic rings. The fourth-order valence-corrected chi connectivity index (χ4v) is 4.54. The number of hydrogen-bond acceptors (Lipinski definition) is 7. The molecule has 1 aliphatic heterocycles. The van der Waals surface area contributed by atoms with E-state index < -0.39 is 0 Å². The standard InChI is InChI=1S/C32H31N5O5/c1-5-31(38)34-23-13-15-37(19-23)24-10-8-21(9-11-24)35-32(39)36-22-7-6-20(2)28(16-22)42-27-12-14-33-26-18-30(41-4)29(40-3)17-25(26)27/h5-12,14,16-19H,1,13,15H2,2-4H3,(H,34,38)(H2,35,36,39). The van der Waals surface area contributed by atoms with Gasteiger partial charge in [-0.2, -0.15) is 0 Å². The largest absolute Gasteiger partial charge is 0.493 e. The number of carbonyl (C=O) groups is 2. The molecule has 0 unspecified atom stereocenters. The molecule has 10 heteroatoms. The number of pyridine rings is 1. The van der Waals surface area contributed by atoms with E-state index in [1.165, 1.54) is 6.08 Å². The number of urea groups is 1. The molecular formula is C32H31N5O5. The van der Waals surface area contributed by atoms with Gasteiger partial charge in [0, 0.05) is 65.6 Å². The Kier molecular flexibility index (Phi) is 8.24. The van der Waals surface area contributed by atoms with Crippen molar-refractivity contribution in [2.24, 2.45) is 0 Å². The highest BCUT2D eigenvalue weighted by atomic mass is 16.5. The lowest BCUT2D eigenvalue weighted by Gasteiger charge is -2.16. The average Bonchev–Trinajstić information content (AvgIpc) is 3.46. The summed E-state index contributed by atoms with van der Waals surface area (Å²) in [5.74, 6) is 2.09. The predicted molar refractivity (Wildman–Crippen MR) is 164 cm³/mol. The van der Waals surface area contributed by atoms with Crippen molar-refractivity contribution in [3.63, 3.8) is 0 Å². The molecule has 0 saturated carbocycles. The molecule has 10 nitrogen and oxygen atoms in total. The number of hydrogen-bond donors (Lipinski definition) is 3. The van der Waals surface area contributed by atoms with Crippen molar-refractivity contribution in [3.8, 4) is 23.0 Å². The number of aromatic nitrogens is 1. The third-order valence-corrected chi connectivity index (χ3v) is 6.73. The fraction of sp³-hybridized carbons (Fsp3) is 0.156. The van der Waals surface area contributed by atoms with Crippen LogP contribution in [0.4, 0.5) is 21.9 Å². The molecule has 1 aromatic heterocycles. The normalized spacial score (nSPS) is 12.4. The first-order valence-electron chi connectivity index (χ1n) is 13.2. The van der Waals surface area contributed by atoms with Gasteiger partial charge in [-0.15, -0.1) is 0 Å². The molecule has 0 radical (unpaired) electrons. The summed E-state index contributed by atoms with van der Waals surface area (Å²) < 4.78 is 17.1. The molecule has 42 heavy (non-hydrogen) atoms. The van der Waals surface area contributed by atoms with Crippen LogP contribution in [-0.4, -0.2) is 37.7 Å². The van der Waals surface area contributed by atoms with E-state index in [0.29, 0.717) is 39.9 Å². The Hall–Kier alpha value is -5.51. The number of carbonyl (C=O) groups excluding carboxylic acids is 2. The topological polar surface area (TPSA) is 114 Å². The van der Waals surface area contributed by atoms with Gasteiger partial charge in [-0.1, -0.05) is 12.6 Å². The van der Waals surface area contributed by atoms with Crippen LogP contribution in [-0.2, 0) is 4.79 Å². The Morgan fingerprint density at radius 3 is 2.33 bits per heavy atom. The first-order chi connectivity index (χ1) is 20.4. The highest BCUT2D eigenvalue weighted by Crippen LogP contribution is 2.38. The van der Waals surface area contributed by atoms with Gasteiger partial charge in [0.2, 0.25) is 5.91 Å². The van der Waals surface area contributed by atoms with E-state index in [2.05, 4.69) is 27.5 Å². The lowest BCUT2D eigenvalue weighted by atomic mass is 10.1. The average molecular weight is 566 g/mol. The Balaban J connectivity index is 1.25. The highest BCUT2D eigenvalue weighted by molar-refractivity contribution is 6.00. The molecule has 3 N–H and O–H groups in total. The van der Waals surface area contributed by atoms with Crippen molar-refractivity contribution in [1.29, 1.82) is 0 Å². The second-order valence-corrected chi connectivity index (χ2v) is 9.53. The minimum atomic E-state index is -0.390. The summed E-state index contributed by atoms with van der Waals surface area (Å²) >= 11 is 0. The third kappa shape index (κ3) is 6.28. The van der Waals surface area contributed by atoms with E-state index in [0.717, 1.165) is 35.3 Å². The molecule has 0 aliphatic carbocycles. The van der Waals surface area contributed by atoms with E-state index >= 15 is 0 Å². The van der Waals surface area contributed by atoms with Crippen LogP contribution in [0.25, 0.3) is 10.9 Å². The van der Waals surface area contributed by atoms with Crippen molar-refractivity contribution >= 4 is 39.9 Å². The first-order valence-corrected chi connectivity index (χ1v) is 13.2. The van der Waals surface area contributed by atoms with E-state index in [-0.39, 0.29) is 11.9 Å². The number of benzene rings is 3. The SMILES string of the molecule is C=CC(=O)NC1=CN(c2ccc(NC(=O)Nc3ccc(C)c(Oc4ccnc5cc(OC)c(OC)cc45)c3)cc2)CC1. The van der Waals surface area contributed by atoms with Gasteiger partial charge in [0.25, 0.3) is 0 Å². The van der Waals surface area contributed by atoms with Crippen LogP contribution in [0.3, 0.4) is 0 Å². The second kappa shape index (κ2) is 12.3. The van der Waals surface area contributed by atoms with Gasteiger partial charge in [0.05, 0.1) is 19.7 Å². The lowest BCUT2D eigenvalue weighted by Crippen LogP contribution is -2.19. The number of fused-ring (bicyclic) bond motifs is 1. The van der Waals surface area contributed by atoms with Crippen LogP contribution >= 0.6 is 0 Å². The summed E-state index contributed by atoms with van der Waals surface area (Å²) in [5.41, 5.74) is 4.58. The molecule has 0 spiro atoms. The van der Waals surface area contributed by atoms with Gasteiger partial charge in [-0.05, 0) is 61.0 Å². The number of aryl methyl sites for hydroxylation is 1. The molecule has 0 bridgehead atoms. The molecule has 3 amide bonds. The van der Waals surface area contributed by atoms with Gasteiger partial charge in [-0.3, -0.25) is 9.78 Å². The summed E-state index contributed by atoms with van der Waals surface area (Å²) in [5, 5.41) is 9.28. The quantitative estimate of drug-likeness (QED) is 0.203. The number of nitrogens with zero attached hydrogens (tertiary/aromatic N) is 2. The molecule has 0 saturated heterocycles. The van der Waals surface area contributed by atoms with Crippen molar-refractivity contribution in [1.82, 2.24) is 10.3 Å². The van der Waals surface area contributed by atoms with Gasteiger partial charge in [-0.25, -0.2) is 4.79 Å². The van der Waals surface area contributed by atoms with Crippen LogP contribution < -0.4 is 35.1 Å². The number of ether oxygens (including phenoxy) is 3. The van der Waals surface area contributed by atoms with Gasteiger partial charge >= 0.3 is 6.03 Å². The number of nitrogens with one attached hydrogen (secondary N) is 3. The van der Waals surface area contributed by atoms with Crippen molar-refractivity contribution in [2.45, 2.75) is 13.3 Å². The Labute approximate surface area is 243 Å². The zero-order valence-electron chi connectivity index (χ0n) is 23.6. The van der Waals surface area contributed by atoms with Gasteiger partial charge in [0.1, 0.15) is 11.5 Å². The summed E-state index contributed by atoms with van der Waals surface area (Å²) in [7, 11) is 3.15. The Morgan fingerprint density at radius 1 is 0.881 bits per heavy atom. The summed E-state index contributed by atoms with van der Waals surface area (Å²) in [6.45, 7) is 6.15. The predicted octanol–water partition coefficient (Wildman–Crippen LogP) is 6.35. The molecule has 214 valence electrons. The van der Waals surface area contributed by atoms with Crippen molar-refractivity contribution < 1.29 is 23.8 Å². The molecule has 3 aromatic carbocycles. The minimum absolute atomic E-state index is 0.228. The molecule has 4 aromatic rings. The smallest absolute Gasteiger partial charge is 0.323 e. The first kappa shape index (κ1) is 28.0. The van der Waals surface area contributed by atoms with Crippen LogP contribution in [0.2, 0.25) is 0 Å². The van der Waals surface area contributed by atoms with Crippen LogP contribution in [0.1, 0.15) is 12.0 Å². The van der Waals surface area contributed by atoms with Gasteiger partial charge in [0.15, 0.2) is 11.5 Å². The molecule has 2 heterocycles. The molecule has 0 atom stereocenters. The second-order valence-electron chi connectivity index (χ2n) is 9.53. The van der Waals surface area contributed by atoms with Crippen LogP contribution in [0.15, 0.2) is 91.4 Å². The highest BCUT2D eigenvalue weighted by Gasteiger charge is 2.16. The fourth-order valence-electron chi connectivity index (χ4n) is 4.54. The lowest BCUT2D eigenvalue weighted by molar-refractivity contribution is -0.115. The maximum atomic E-state index is 12.8. The molecule has 0 fully saturated rings. The third-order valence-electron chi connectivity index (χ3n) is 6.73. The summed E-state index contributed by atoms with van der Waals surface area (Å²) in [6, 6.07) is 17.9. The van der Waals surface area contributed by atoms with Gasteiger partial charge < -0.3 is 35.1 Å². The maximum Gasteiger partial charge on any atom is 0.323 e. The van der Waals surface area contributed by atoms with E-state index in [4.69, 9.17) is 14.2 Å². The zero-order chi connectivity index (χ0) is 29.6. The Morgan fingerprint density at radius 2 is 1.60 bits per heavy atom. The zero-order valence-corrected chi connectivity index (χ0v) is 23.6. The van der Waals surface area contributed by atoms with Crippen molar-refractivity contribution in [3.05, 3.63) is 97.0 Å². The van der Waals surface area contributed by atoms with E-state index in [9.17, 15) is 9.59 Å². The number of amides is 3. The molecule has 5 rings (SSSR count). The van der Waals surface area contributed by atoms with Crippen LogP contribution in [0.5, 0.6) is 23.0 Å². The Bertz CT molecular complexity index is 1680. The number of rotatable bonds is 9. The van der Waals surface area contributed by atoms with E-state index in [1.54, 1.807) is 38.6 Å². The van der Waals surface area contributed by atoms with Crippen LogP contribution in [0, 0.1) is 6.92 Å². The minimum Gasteiger partial charge on any atom is -0.493 e.